The molecular weight excluding hydrogens is 280 g/mol. The van der Waals surface area contributed by atoms with E-state index >= 15 is 0 Å². The molecule has 0 fully saturated rings. The Labute approximate surface area is 121 Å². The van der Waals surface area contributed by atoms with Gasteiger partial charge in [0.2, 0.25) is 5.88 Å². The molecule has 0 saturated carbocycles. The van der Waals surface area contributed by atoms with Gasteiger partial charge in [-0.05, 0) is 24.1 Å². The fourth-order valence-corrected chi connectivity index (χ4v) is 1.95. The zero-order valence-corrected chi connectivity index (χ0v) is 11.6. The third-order valence-corrected chi connectivity index (χ3v) is 2.84. The van der Waals surface area contributed by atoms with Crippen LogP contribution in [0.25, 0.3) is 0 Å². The Hall–Kier alpha value is -2.14. The van der Waals surface area contributed by atoms with Crippen LogP contribution in [-0.4, -0.2) is 9.91 Å². The topological polar surface area (TPSA) is 65.3 Å². The van der Waals surface area contributed by atoms with E-state index in [4.69, 9.17) is 16.3 Å². The predicted octanol–water partition coefficient (Wildman–Crippen LogP) is 4.39. The van der Waals surface area contributed by atoms with Crippen molar-refractivity contribution >= 4 is 17.3 Å². The highest BCUT2D eigenvalue weighted by atomic mass is 35.5. The molecular formula is C14H13ClN2O3. The maximum absolute atomic E-state index is 10.7. The zero-order chi connectivity index (χ0) is 14.5. The average Bonchev–Trinajstić information content (AvgIpc) is 2.40. The largest absolute Gasteiger partial charge is 0.439 e. The van der Waals surface area contributed by atoms with Crippen LogP contribution < -0.4 is 4.74 Å². The molecule has 0 amide bonds. The van der Waals surface area contributed by atoms with Gasteiger partial charge in [-0.2, -0.15) is 0 Å². The van der Waals surface area contributed by atoms with Crippen LogP contribution in [0.2, 0.25) is 5.15 Å². The van der Waals surface area contributed by atoms with Crippen LogP contribution in [-0.2, 0) is 6.42 Å². The second kappa shape index (κ2) is 6.34. The zero-order valence-electron chi connectivity index (χ0n) is 10.9. The van der Waals surface area contributed by atoms with Gasteiger partial charge in [-0.25, -0.2) is 4.98 Å². The van der Waals surface area contributed by atoms with Crippen LogP contribution in [0.3, 0.4) is 0 Å². The molecule has 0 aliphatic heterocycles. The molecule has 0 radical (unpaired) electrons. The second-order valence-electron chi connectivity index (χ2n) is 4.24. The van der Waals surface area contributed by atoms with E-state index in [0.29, 0.717) is 5.75 Å². The summed E-state index contributed by atoms with van der Waals surface area (Å²) < 4.78 is 5.48. The van der Waals surface area contributed by atoms with Crippen molar-refractivity contribution in [3.05, 3.63) is 57.2 Å². The van der Waals surface area contributed by atoms with Crippen molar-refractivity contribution in [1.29, 1.82) is 0 Å². The van der Waals surface area contributed by atoms with Crippen LogP contribution in [0.4, 0.5) is 5.69 Å². The van der Waals surface area contributed by atoms with Crippen LogP contribution in [0.1, 0.15) is 18.9 Å². The Morgan fingerprint density at radius 3 is 2.60 bits per heavy atom. The first-order chi connectivity index (χ1) is 9.58. The fourth-order valence-electron chi connectivity index (χ4n) is 1.75. The third kappa shape index (κ3) is 3.68. The van der Waals surface area contributed by atoms with Crippen molar-refractivity contribution < 1.29 is 9.66 Å². The van der Waals surface area contributed by atoms with E-state index in [1.807, 2.05) is 12.1 Å². The Bertz CT molecular complexity index is 614. The summed E-state index contributed by atoms with van der Waals surface area (Å²) in [6.07, 6.45) is 2.07. The molecule has 0 N–H and O–H groups in total. The molecule has 5 nitrogen and oxygen atoms in total. The number of rotatable bonds is 5. The number of halogens is 1. The van der Waals surface area contributed by atoms with E-state index in [2.05, 4.69) is 11.9 Å². The highest BCUT2D eigenvalue weighted by Crippen LogP contribution is 2.26. The average molecular weight is 293 g/mol. The summed E-state index contributed by atoms with van der Waals surface area (Å²) in [6.45, 7) is 2.11. The minimum Gasteiger partial charge on any atom is -0.439 e. The molecule has 0 bridgehead atoms. The minimum absolute atomic E-state index is 0.0248. The molecule has 1 aromatic carbocycles. The predicted molar refractivity (Wildman–Crippen MR) is 76.4 cm³/mol. The Kier molecular flexibility index (Phi) is 4.53. The van der Waals surface area contributed by atoms with Crippen molar-refractivity contribution in [3.63, 3.8) is 0 Å². The van der Waals surface area contributed by atoms with Crippen LogP contribution in [0.15, 0.2) is 36.4 Å². The summed E-state index contributed by atoms with van der Waals surface area (Å²) in [5.41, 5.74) is 1.06. The molecule has 2 aromatic rings. The van der Waals surface area contributed by atoms with E-state index in [0.717, 1.165) is 12.8 Å². The lowest BCUT2D eigenvalue weighted by atomic mass is 10.1. The number of nitrogens with zero attached hydrogens (tertiary/aromatic N) is 2. The second-order valence-corrected chi connectivity index (χ2v) is 4.63. The number of hydrogen-bond acceptors (Lipinski definition) is 4. The lowest BCUT2D eigenvalue weighted by Crippen LogP contribution is -1.93. The first-order valence-electron chi connectivity index (χ1n) is 6.17. The molecule has 0 aliphatic rings. The van der Waals surface area contributed by atoms with Crippen molar-refractivity contribution in [2.75, 3.05) is 0 Å². The molecule has 20 heavy (non-hydrogen) atoms. The van der Waals surface area contributed by atoms with Crippen molar-refractivity contribution in [2.24, 2.45) is 0 Å². The fraction of sp³-hybridized carbons (Fsp3) is 0.214. The van der Waals surface area contributed by atoms with Crippen molar-refractivity contribution in [1.82, 2.24) is 4.98 Å². The molecule has 1 heterocycles. The molecule has 0 unspecified atom stereocenters. The van der Waals surface area contributed by atoms with Gasteiger partial charge in [-0.15, -0.1) is 0 Å². The summed E-state index contributed by atoms with van der Waals surface area (Å²) >= 11 is 5.73. The summed E-state index contributed by atoms with van der Waals surface area (Å²) in [6, 6.07) is 9.94. The van der Waals surface area contributed by atoms with E-state index in [1.165, 1.54) is 17.7 Å². The third-order valence-electron chi connectivity index (χ3n) is 2.65. The first kappa shape index (κ1) is 14.3. The smallest absolute Gasteiger partial charge is 0.277 e. The standard InChI is InChI=1S/C14H13ClN2O3/c1-2-3-10-4-6-12(7-5-10)20-14-9-11(17(18)19)8-13(15)16-14/h4-9H,2-3H2,1H3. The van der Waals surface area contributed by atoms with Crippen molar-refractivity contribution in [3.8, 4) is 11.6 Å². The number of hydrogen-bond donors (Lipinski definition) is 0. The van der Waals surface area contributed by atoms with Crippen LogP contribution >= 0.6 is 11.6 Å². The first-order valence-corrected chi connectivity index (χ1v) is 6.55. The molecule has 0 saturated heterocycles. The van der Waals surface area contributed by atoms with Crippen LogP contribution in [0, 0.1) is 10.1 Å². The van der Waals surface area contributed by atoms with Gasteiger partial charge in [-0.1, -0.05) is 37.1 Å². The maximum atomic E-state index is 10.7. The summed E-state index contributed by atoms with van der Waals surface area (Å²) in [5.74, 6) is 0.668. The van der Waals surface area contributed by atoms with Gasteiger partial charge in [-0.3, -0.25) is 10.1 Å². The molecule has 2 rings (SSSR count). The summed E-state index contributed by atoms with van der Waals surface area (Å²) in [7, 11) is 0. The molecule has 104 valence electrons. The lowest BCUT2D eigenvalue weighted by Gasteiger charge is -2.06. The van der Waals surface area contributed by atoms with Gasteiger partial charge in [0.1, 0.15) is 10.9 Å². The van der Waals surface area contributed by atoms with Gasteiger partial charge in [0.15, 0.2) is 0 Å². The highest BCUT2D eigenvalue weighted by molar-refractivity contribution is 6.29. The van der Waals surface area contributed by atoms with Gasteiger partial charge in [0, 0.05) is 0 Å². The number of aromatic nitrogens is 1. The number of pyridine rings is 1. The monoisotopic (exact) mass is 292 g/mol. The SMILES string of the molecule is CCCc1ccc(Oc2cc([N+](=O)[O-])cc(Cl)n2)cc1. The van der Waals surface area contributed by atoms with Gasteiger partial charge in [0.05, 0.1) is 17.1 Å². The van der Waals surface area contributed by atoms with Gasteiger partial charge >= 0.3 is 0 Å². The van der Waals surface area contributed by atoms with E-state index in [-0.39, 0.29) is 16.7 Å². The Balaban J connectivity index is 2.19. The van der Waals surface area contributed by atoms with Crippen LogP contribution in [0.5, 0.6) is 11.6 Å². The van der Waals surface area contributed by atoms with Gasteiger partial charge < -0.3 is 4.74 Å². The number of nitro groups is 1. The molecule has 0 aliphatic carbocycles. The highest BCUT2D eigenvalue weighted by Gasteiger charge is 2.11. The molecule has 6 heteroatoms. The maximum Gasteiger partial charge on any atom is 0.277 e. The number of aryl methyl sites for hydroxylation is 1. The van der Waals surface area contributed by atoms with Crippen molar-refractivity contribution in [2.45, 2.75) is 19.8 Å². The quantitative estimate of drug-likeness (QED) is 0.466. The Morgan fingerprint density at radius 2 is 2.00 bits per heavy atom. The van der Waals surface area contributed by atoms with E-state index in [9.17, 15) is 10.1 Å². The molecule has 0 spiro atoms. The normalized spacial score (nSPS) is 10.3. The number of benzene rings is 1. The minimum atomic E-state index is -0.537. The summed E-state index contributed by atoms with van der Waals surface area (Å²) in [4.78, 5) is 14.1. The number of ether oxygens (including phenoxy) is 1. The summed E-state index contributed by atoms with van der Waals surface area (Å²) in [5, 5.41) is 10.8. The Morgan fingerprint density at radius 1 is 1.30 bits per heavy atom. The van der Waals surface area contributed by atoms with E-state index in [1.54, 1.807) is 12.1 Å². The molecule has 0 atom stereocenters. The van der Waals surface area contributed by atoms with E-state index < -0.39 is 4.92 Å². The molecule has 1 aromatic heterocycles. The lowest BCUT2D eigenvalue weighted by molar-refractivity contribution is -0.385. The van der Waals surface area contributed by atoms with Gasteiger partial charge in [0.25, 0.3) is 5.69 Å².